The molecular weight excluding hydrogens is 182 g/mol. The Hall–Kier alpha value is -0.0301. The van der Waals surface area contributed by atoms with Crippen molar-refractivity contribution in [2.24, 2.45) is 0 Å². The molecule has 0 radical (unpaired) electrons. The van der Waals surface area contributed by atoms with E-state index in [4.69, 9.17) is 20.1 Å². The van der Waals surface area contributed by atoms with Crippen LogP contribution in [0.25, 0.3) is 0 Å². The quantitative estimate of drug-likeness (QED) is 0.319. The molecule has 82 valence electrons. The van der Waals surface area contributed by atoms with Gasteiger partial charge in [-0.3, -0.25) is 0 Å². The molecule has 4 nitrogen and oxygen atoms in total. The van der Waals surface area contributed by atoms with E-state index in [0.29, 0.717) is 12.6 Å². The second-order valence-corrected chi connectivity index (χ2v) is 3.66. The molecule has 14 heavy (non-hydrogen) atoms. The van der Waals surface area contributed by atoms with Crippen molar-refractivity contribution in [1.82, 2.24) is 0 Å². The van der Waals surface area contributed by atoms with Gasteiger partial charge in [-0.05, 0) is 12.6 Å². The molecule has 0 aromatic heterocycles. The molecule has 0 unspecified atom stereocenters. The average Bonchev–Trinajstić information content (AvgIpc) is 2.08. The van der Waals surface area contributed by atoms with E-state index in [2.05, 4.69) is 0 Å². The molecule has 0 aromatic rings. The fourth-order valence-corrected chi connectivity index (χ4v) is 1.36. The Balaban J connectivity index is 2.92. The second-order valence-electron chi connectivity index (χ2n) is 3.66. The van der Waals surface area contributed by atoms with Crippen molar-refractivity contribution in [2.45, 2.75) is 51.2 Å². The third-order valence-corrected chi connectivity index (χ3v) is 2.17. The van der Waals surface area contributed by atoms with E-state index in [1.165, 1.54) is 0 Å². The van der Waals surface area contributed by atoms with Crippen LogP contribution in [0.1, 0.15) is 38.5 Å². The van der Waals surface area contributed by atoms with Crippen molar-refractivity contribution >= 4 is 14.2 Å². The summed E-state index contributed by atoms with van der Waals surface area (Å²) in [6.07, 6.45) is 6.78. The van der Waals surface area contributed by atoms with E-state index >= 15 is 0 Å². The molecule has 0 fully saturated rings. The van der Waals surface area contributed by atoms with E-state index < -0.39 is 14.2 Å². The number of hydrogen-bond acceptors (Lipinski definition) is 4. The molecule has 0 aliphatic heterocycles. The lowest BCUT2D eigenvalue weighted by atomic mass is 9.82. The molecule has 6 heteroatoms. The van der Waals surface area contributed by atoms with Gasteiger partial charge in [0.25, 0.3) is 0 Å². The first kappa shape index (κ1) is 14.0. The SMILES string of the molecule is OB(O)CCCCCCCCB(O)O. The molecule has 0 aromatic carbocycles. The third kappa shape index (κ3) is 12.0. The van der Waals surface area contributed by atoms with Crippen LogP contribution in [0, 0.1) is 0 Å². The van der Waals surface area contributed by atoms with Crippen molar-refractivity contribution in [2.75, 3.05) is 0 Å². The number of rotatable bonds is 9. The molecule has 4 N–H and O–H groups in total. The molecule has 0 amide bonds. The van der Waals surface area contributed by atoms with Gasteiger partial charge in [-0.15, -0.1) is 0 Å². The lowest BCUT2D eigenvalue weighted by molar-refractivity contribution is 0.398. The summed E-state index contributed by atoms with van der Waals surface area (Å²) in [7, 11) is -2.33. The maximum atomic E-state index is 8.55. The van der Waals surface area contributed by atoms with Gasteiger partial charge < -0.3 is 20.1 Å². The summed E-state index contributed by atoms with van der Waals surface area (Å²) in [5, 5.41) is 34.2. The Morgan fingerprint density at radius 1 is 0.500 bits per heavy atom. The van der Waals surface area contributed by atoms with Gasteiger partial charge >= 0.3 is 14.2 Å². The van der Waals surface area contributed by atoms with Gasteiger partial charge in [0.15, 0.2) is 0 Å². The van der Waals surface area contributed by atoms with Gasteiger partial charge in [-0.25, -0.2) is 0 Å². The molecule has 0 aliphatic rings. The molecule has 0 heterocycles. The van der Waals surface area contributed by atoms with Crippen molar-refractivity contribution in [3.05, 3.63) is 0 Å². The highest BCUT2D eigenvalue weighted by molar-refractivity contribution is 6.41. The van der Waals surface area contributed by atoms with E-state index in [1.54, 1.807) is 0 Å². The van der Waals surface area contributed by atoms with E-state index in [-0.39, 0.29) is 0 Å². The zero-order valence-electron chi connectivity index (χ0n) is 8.60. The predicted molar refractivity (Wildman–Crippen MR) is 57.7 cm³/mol. The van der Waals surface area contributed by atoms with Crippen molar-refractivity contribution < 1.29 is 20.1 Å². The molecule has 0 spiro atoms. The molecule has 0 rings (SSSR count). The monoisotopic (exact) mass is 202 g/mol. The highest BCUT2D eigenvalue weighted by atomic mass is 16.4. The van der Waals surface area contributed by atoms with Gasteiger partial charge in [0.2, 0.25) is 0 Å². The van der Waals surface area contributed by atoms with Crippen LogP contribution < -0.4 is 0 Å². The van der Waals surface area contributed by atoms with Gasteiger partial charge in [-0.1, -0.05) is 38.5 Å². The highest BCUT2D eigenvalue weighted by Crippen LogP contribution is 2.09. The van der Waals surface area contributed by atoms with E-state index in [0.717, 1.165) is 38.5 Å². The molecule has 0 atom stereocenters. The lowest BCUT2D eigenvalue weighted by Gasteiger charge is -2.01. The lowest BCUT2D eigenvalue weighted by Crippen LogP contribution is -2.09. The maximum Gasteiger partial charge on any atom is 0.451 e. The Kier molecular flexibility index (Phi) is 9.50. The summed E-state index contributed by atoms with van der Waals surface area (Å²) in [5.74, 6) is 0. The van der Waals surface area contributed by atoms with Gasteiger partial charge in [0.05, 0.1) is 0 Å². The minimum absolute atomic E-state index is 0.454. The van der Waals surface area contributed by atoms with Crippen LogP contribution >= 0.6 is 0 Å². The number of unbranched alkanes of at least 4 members (excludes halogenated alkanes) is 5. The summed E-state index contributed by atoms with van der Waals surface area (Å²) in [6.45, 7) is 0. The van der Waals surface area contributed by atoms with Crippen LogP contribution in [-0.2, 0) is 0 Å². The summed E-state index contributed by atoms with van der Waals surface area (Å²) >= 11 is 0. The van der Waals surface area contributed by atoms with E-state index in [9.17, 15) is 0 Å². The van der Waals surface area contributed by atoms with Crippen LogP contribution in [0.15, 0.2) is 0 Å². The Morgan fingerprint density at radius 3 is 1.07 bits per heavy atom. The molecule has 0 aliphatic carbocycles. The molecule has 0 bridgehead atoms. The van der Waals surface area contributed by atoms with E-state index in [1.807, 2.05) is 0 Å². The van der Waals surface area contributed by atoms with Crippen molar-refractivity contribution in [3.8, 4) is 0 Å². The Morgan fingerprint density at radius 2 is 0.786 bits per heavy atom. The zero-order chi connectivity index (χ0) is 10.8. The second kappa shape index (κ2) is 9.52. The maximum absolute atomic E-state index is 8.55. The largest absolute Gasteiger partial charge is 0.451 e. The van der Waals surface area contributed by atoms with Crippen molar-refractivity contribution in [1.29, 1.82) is 0 Å². The van der Waals surface area contributed by atoms with Crippen LogP contribution in [0.4, 0.5) is 0 Å². The van der Waals surface area contributed by atoms with Crippen LogP contribution in [-0.4, -0.2) is 34.3 Å². The molecule has 0 saturated heterocycles. The average molecular weight is 202 g/mol. The minimum Gasteiger partial charge on any atom is -0.427 e. The fraction of sp³-hybridized carbons (Fsp3) is 1.00. The minimum atomic E-state index is -1.17. The first-order valence-corrected chi connectivity index (χ1v) is 5.35. The molecule has 0 saturated carbocycles. The smallest absolute Gasteiger partial charge is 0.427 e. The van der Waals surface area contributed by atoms with Gasteiger partial charge in [-0.2, -0.15) is 0 Å². The standard InChI is InChI=1S/C8H20B2O4/c11-9(12)7-5-3-1-2-4-6-8-10(13)14/h11-14H,1-8H2. The first-order chi connectivity index (χ1) is 6.63. The fourth-order valence-electron chi connectivity index (χ4n) is 1.36. The summed E-state index contributed by atoms with van der Waals surface area (Å²) < 4.78 is 0. The summed E-state index contributed by atoms with van der Waals surface area (Å²) in [4.78, 5) is 0. The van der Waals surface area contributed by atoms with Gasteiger partial charge in [0.1, 0.15) is 0 Å². The Labute approximate surface area is 86.3 Å². The van der Waals surface area contributed by atoms with Crippen LogP contribution in [0.2, 0.25) is 12.6 Å². The summed E-state index contributed by atoms with van der Waals surface area (Å²) in [6, 6.07) is 0. The number of hydrogen-bond donors (Lipinski definition) is 4. The van der Waals surface area contributed by atoms with Crippen molar-refractivity contribution in [3.63, 3.8) is 0 Å². The first-order valence-electron chi connectivity index (χ1n) is 5.35. The van der Waals surface area contributed by atoms with Crippen LogP contribution in [0.3, 0.4) is 0 Å². The van der Waals surface area contributed by atoms with Gasteiger partial charge in [0, 0.05) is 0 Å². The molecular formula is C8H20B2O4. The highest BCUT2D eigenvalue weighted by Gasteiger charge is 2.06. The Bertz CT molecular complexity index is 108. The zero-order valence-corrected chi connectivity index (χ0v) is 8.60. The summed E-state index contributed by atoms with van der Waals surface area (Å²) in [5.41, 5.74) is 0. The third-order valence-electron chi connectivity index (χ3n) is 2.17. The van der Waals surface area contributed by atoms with Crippen LogP contribution in [0.5, 0.6) is 0 Å². The predicted octanol–water partition coefficient (Wildman–Crippen LogP) is 0.273. The topological polar surface area (TPSA) is 80.9 Å². The normalized spacial score (nSPS) is 10.3.